The van der Waals surface area contributed by atoms with Gasteiger partial charge in [0, 0.05) is 30.2 Å². The Morgan fingerprint density at radius 3 is 2.62 bits per heavy atom. The number of aryl methyl sites for hydroxylation is 1. The molecule has 3 rings (SSSR count). The predicted octanol–water partition coefficient (Wildman–Crippen LogP) is 2.44. The van der Waals surface area contributed by atoms with Crippen LogP contribution in [-0.4, -0.2) is 30.1 Å². The second kappa shape index (κ2) is 5.91. The number of nitrogens with two attached hydrogens (primary N) is 1. The van der Waals surface area contributed by atoms with Crippen LogP contribution in [0.25, 0.3) is 0 Å². The third-order valence-corrected chi connectivity index (χ3v) is 4.17. The average Bonchev–Trinajstić information content (AvgIpc) is 2.85. The van der Waals surface area contributed by atoms with Gasteiger partial charge in [0.2, 0.25) is 0 Å². The number of nitrogen functional groups attached to an aromatic ring is 1. The molecule has 0 radical (unpaired) electrons. The maximum absolute atomic E-state index is 6.11. The summed E-state index contributed by atoms with van der Waals surface area (Å²) >= 11 is 1.68. The van der Waals surface area contributed by atoms with Crippen LogP contribution in [0.4, 0.5) is 5.69 Å². The third-order valence-electron chi connectivity index (χ3n) is 3.34. The van der Waals surface area contributed by atoms with E-state index in [9.17, 15) is 0 Å². The van der Waals surface area contributed by atoms with E-state index in [0.717, 1.165) is 46.5 Å². The molecular formula is C15H19N3O2S. The van der Waals surface area contributed by atoms with E-state index in [1.807, 2.05) is 19.1 Å². The van der Waals surface area contributed by atoms with Crippen molar-refractivity contribution in [2.24, 2.45) is 0 Å². The van der Waals surface area contributed by atoms with Crippen molar-refractivity contribution in [3.63, 3.8) is 0 Å². The lowest BCUT2D eigenvalue weighted by Gasteiger charge is -2.22. The highest BCUT2D eigenvalue weighted by molar-refractivity contribution is 7.09. The van der Waals surface area contributed by atoms with Gasteiger partial charge in [0.05, 0.1) is 10.7 Å². The van der Waals surface area contributed by atoms with Gasteiger partial charge in [-0.1, -0.05) is 0 Å². The molecule has 0 bridgehead atoms. The van der Waals surface area contributed by atoms with Crippen LogP contribution in [0.3, 0.4) is 0 Å². The quantitative estimate of drug-likeness (QED) is 0.879. The summed E-state index contributed by atoms with van der Waals surface area (Å²) in [6, 6.07) is 3.83. The minimum atomic E-state index is 0.578. The van der Waals surface area contributed by atoms with E-state index in [1.54, 1.807) is 11.3 Å². The van der Waals surface area contributed by atoms with Gasteiger partial charge >= 0.3 is 0 Å². The minimum absolute atomic E-state index is 0.578. The number of rotatable bonds is 4. The maximum atomic E-state index is 6.11. The summed E-state index contributed by atoms with van der Waals surface area (Å²) in [5.41, 5.74) is 8.99. The molecule has 5 nitrogen and oxygen atoms in total. The van der Waals surface area contributed by atoms with Crippen molar-refractivity contribution in [3.05, 3.63) is 33.8 Å². The molecule has 1 aliphatic rings. The van der Waals surface area contributed by atoms with Crippen molar-refractivity contribution in [3.8, 4) is 11.5 Å². The van der Waals surface area contributed by atoms with E-state index < -0.39 is 0 Å². The molecule has 1 aromatic carbocycles. The molecule has 0 saturated carbocycles. The second-order valence-electron chi connectivity index (χ2n) is 5.22. The summed E-state index contributed by atoms with van der Waals surface area (Å²) in [6.45, 7) is 4.74. The number of benzene rings is 1. The van der Waals surface area contributed by atoms with Gasteiger partial charge in [-0.3, -0.25) is 4.90 Å². The van der Waals surface area contributed by atoms with Crippen molar-refractivity contribution < 1.29 is 9.47 Å². The van der Waals surface area contributed by atoms with Crippen LogP contribution in [-0.2, 0) is 13.1 Å². The molecule has 0 fully saturated rings. The van der Waals surface area contributed by atoms with Gasteiger partial charge in [0.1, 0.15) is 13.2 Å². The van der Waals surface area contributed by atoms with Gasteiger partial charge in [-0.25, -0.2) is 4.98 Å². The van der Waals surface area contributed by atoms with Crippen LogP contribution in [0.5, 0.6) is 11.5 Å². The predicted molar refractivity (Wildman–Crippen MR) is 83.9 cm³/mol. The SMILES string of the molecule is Cc1nc(CN(C)Cc2cc3c(cc2N)OCCO3)cs1. The number of thiazole rings is 1. The Labute approximate surface area is 128 Å². The lowest BCUT2D eigenvalue weighted by molar-refractivity contribution is 0.171. The first-order valence-electron chi connectivity index (χ1n) is 6.89. The standard InChI is InChI=1S/C15H19N3O2S/c1-10-17-12(9-21-10)8-18(2)7-11-5-14-15(6-13(11)16)20-4-3-19-14/h5-6,9H,3-4,7-8,16H2,1-2H3. The number of hydrogen-bond donors (Lipinski definition) is 1. The fraction of sp³-hybridized carbons (Fsp3) is 0.400. The number of nitrogens with zero attached hydrogens (tertiary/aromatic N) is 2. The minimum Gasteiger partial charge on any atom is -0.486 e. The molecule has 2 heterocycles. The third kappa shape index (κ3) is 3.28. The Morgan fingerprint density at radius 1 is 1.24 bits per heavy atom. The maximum Gasteiger partial charge on any atom is 0.163 e. The molecule has 0 unspecified atom stereocenters. The van der Waals surface area contributed by atoms with Gasteiger partial charge in [-0.15, -0.1) is 11.3 Å². The number of aromatic nitrogens is 1. The molecule has 0 amide bonds. The number of fused-ring (bicyclic) bond motifs is 1. The highest BCUT2D eigenvalue weighted by Crippen LogP contribution is 2.34. The van der Waals surface area contributed by atoms with Crippen LogP contribution in [0, 0.1) is 6.92 Å². The Bertz CT molecular complexity index is 642. The first-order valence-corrected chi connectivity index (χ1v) is 7.77. The molecule has 6 heteroatoms. The van der Waals surface area contributed by atoms with E-state index >= 15 is 0 Å². The Morgan fingerprint density at radius 2 is 1.95 bits per heavy atom. The Balaban J connectivity index is 1.71. The molecule has 1 aliphatic heterocycles. The lowest BCUT2D eigenvalue weighted by atomic mass is 10.1. The fourth-order valence-electron chi connectivity index (χ4n) is 2.39. The normalized spacial score (nSPS) is 13.7. The first-order chi connectivity index (χ1) is 10.1. The number of ether oxygens (including phenoxy) is 2. The molecule has 2 aromatic rings. The molecule has 0 atom stereocenters. The lowest BCUT2D eigenvalue weighted by Crippen LogP contribution is -2.20. The van der Waals surface area contributed by atoms with Crippen LogP contribution >= 0.6 is 11.3 Å². The van der Waals surface area contributed by atoms with E-state index in [1.165, 1.54) is 0 Å². The van der Waals surface area contributed by atoms with Crippen LogP contribution in [0.15, 0.2) is 17.5 Å². The fourth-order valence-corrected chi connectivity index (χ4v) is 2.99. The van der Waals surface area contributed by atoms with Crippen molar-refractivity contribution in [1.82, 2.24) is 9.88 Å². The summed E-state index contributed by atoms with van der Waals surface area (Å²) in [5.74, 6) is 1.52. The Hall–Kier alpha value is -1.79. The molecule has 21 heavy (non-hydrogen) atoms. The summed E-state index contributed by atoms with van der Waals surface area (Å²) in [5, 5.41) is 3.19. The average molecular weight is 305 g/mol. The summed E-state index contributed by atoms with van der Waals surface area (Å²) in [7, 11) is 2.06. The topological polar surface area (TPSA) is 60.6 Å². The van der Waals surface area contributed by atoms with Gasteiger partial charge in [0.15, 0.2) is 11.5 Å². The van der Waals surface area contributed by atoms with Crippen molar-refractivity contribution >= 4 is 17.0 Å². The highest BCUT2D eigenvalue weighted by atomic mass is 32.1. The van der Waals surface area contributed by atoms with Crippen LogP contribution in [0.1, 0.15) is 16.3 Å². The summed E-state index contributed by atoms with van der Waals surface area (Å²) in [6.07, 6.45) is 0. The van der Waals surface area contributed by atoms with Gasteiger partial charge in [-0.2, -0.15) is 0 Å². The molecule has 0 saturated heterocycles. The zero-order chi connectivity index (χ0) is 14.8. The molecule has 0 aliphatic carbocycles. The highest BCUT2D eigenvalue weighted by Gasteiger charge is 2.15. The zero-order valence-corrected chi connectivity index (χ0v) is 13.1. The molecule has 2 N–H and O–H groups in total. The van der Waals surface area contributed by atoms with E-state index in [4.69, 9.17) is 15.2 Å². The smallest absolute Gasteiger partial charge is 0.163 e. The monoisotopic (exact) mass is 305 g/mol. The Kier molecular flexibility index (Phi) is 3.98. The van der Waals surface area contributed by atoms with Crippen molar-refractivity contribution in [2.75, 3.05) is 26.0 Å². The van der Waals surface area contributed by atoms with E-state index in [0.29, 0.717) is 13.2 Å². The van der Waals surface area contributed by atoms with Crippen LogP contribution in [0.2, 0.25) is 0 Å². The van der Waals surface area contributed by atoms with Crippen LogP contribution < -0.4 is 15.2 Å². The first kappa shape index (κ1) is 14.2. The zero-order valence-electron chi connectivity index (χ0n) is 12.3. The van der Waals surface area contributed by atoms with Gasteiger partial charge < -0.3 is 15.2 Å². The summed E-state index contributed by atoms with van der Waals surface area (Å²) < 4.78 is 11.1. The second-order valence-corrected chi connectivity index (χ2v) is 6.29. The molecular weight excluding hydrogens is 286 g/mol. The number of anilines is 1. The van der Waals surface area contributed by atoms with Crippen molar-refractivity contribution in [1.29, 1.82) is 0 Å². The van der Waals surface area contributed by atoms with E-state index in [-0.39, 0.29) is 0 Å². The molecule has 1 aromatic heterocycles. The molecule has 0 spiro atoms. The van der Waals surface area contributed by atoms with E-state index in [2.05, 4.69) is 22.3 Å². The van der Waals surface area contributed by atoms with Gasteiger partial charge in [0.25, 0.3) is 0 Å². The molecule has 112 valence electrons. The van der Waals surface area contributed by atoms with Crippen molar-refractivity contribution in [2.45, 2.75) is 20.0 Å². The van der Waals surface area contributed by atoms with Gasteiger partial charge in [-0.05, 0) is 25.6 Å². The number of hydrogen-bond acceptors (Lipinski definition) is 6. The largest absolute Gasteiger partial charge is 0.486 e. The summed E-state index contributed by atoms with van der Waals surface area (Å²) in [4.78, 5) is 6.68.